The maximum atomic E-state index is 13.1. The van der Waals surface area contributed by atoms with Crippen molar-refractivity contribution >= 4 is 30.0 Å². The van der Waals surface area contributed by atoms with Crippen LogP contribution < -0.4 is 10.6 Å². The molecule has 8 heteroatoms. The Labute approximate surface area is 145 Å². The van der Waals surface area contributed by atoms with E-state index in [1.807, 2.05) is 0 Å². The van der Waals surface area contributed by atoms with Crippen LogP contribution in [-0.4, -0.2) is 37.0 Å². The Balaban J connectivity index is 0.00000288. The standard InChI is InChI=1S/C16H20F2N2O3.ClH/c1-2-23-14(21)8-5-11-3-6-12(7-4-11)20-15(22)13-9-16(17,18)10-19-13;/h3-4,6-7,13,19H,2,5,8-10H2,1H3,(H,20,22);1H. The van der Waals surface area contributed by atoms with Crippen molar-refractivity contribution in [3.63, 3.8) is 0 Å². The van der Waals surface area contributed by atoms with Crippen LogP contribution in [0, 0.1) is 0 Å². The number of rotatable bonds is 6. The molecule has 2 rings (SSSR count). The topological polar surface area (TPSA) is 67.4 Å². The molecule has 1 unspecified atom stereocenters. The van der Waals surface area contributed by atoms with E-state index in [1.54, 1.807) is 31.2 Å². The summed E-state index contributed by atoms with van der Waals surface area (Å²) >= 11 is 0. The molecule has 5 nitrogen and oxygen atoms in total. The average molecular weight is 363 g/mol. The molecule has 1 saturated heterocycles. The summed E-state index contributed by atoms with van der Waals surface area (Å²) in [6, 6.07) is 6.06. The molecule has 0 saturated carbocycles. The van der Waals surface area contributed by atoms with E-state index in [4.69, 9.17) is 4.74 Å². The van der Waals surface area contributed by atoms with Gasteiger partial charge in [0.25, 0.3) is 5.92 Å². The third-order valence-corrected chi connectivity index (χ3v) is 3.57. The molecule has 1 fully saturated rings. The third-order valence-electron chi connectivity index (χ3n) is 3.57. The number of carbonyl (C=O) groups is 2. The van der Waals surface area contributed by atoms with E-state index in [1.165, 1.54) is 0 Å². The molecule has 1 aromatic rings. The number of nitrogens with one attached hydrogen (secondary N) is 2. The van der Waals surface area contributed by atoms with Crippen LogP contribution in [0.5, 0.6) is 0 Å². The van der Waals surface area contributed by atoms with E-state index in [2.05, 4.69) is 10.6 Å². The fourth-order valence-electron chi connectivity index (χ4n) is 2.36. The summed E-state index contributed by atoms with van der Waals surface area (Å²) < 4.78 is 31.0. The Morgan fingerprint density at radius 2 is 2.00 bits per heavy atom. The molecule has 1 heterocycles. The summed E-state index contributed by atoms with van der Waals surface area (Å²) in [6.07, 6.45) is 0.348. The molecule has 1 atom stereocenters. The van der Waals surface area contributed by atoms with Crippen LogP contribution in [0.3, 0.4) is 0 Å². The van der Waals surface area contributed by atoms with E-state index >= 15 is 0 Å². The first-order valence-corrected chi connectivity index (χ1v) is 7.56. The fourth-order valence-corrected chi connectivity index (χ4v) is 2.36. The number of aryl methyl sites for hydroxylation is 1. The van der Waals surface area contributed by atoms with E-state index in [0.29, 0.717) is 25.1 Å². The minimum Gasteiger partial charge on any atom is -0.466 e. The second kappa shape index (κ2) is 8.94. The van der Waals surface area contributed by atoms with Gasteiger partial charge in [-0.1, -0.05) is 12.1 Å². The minimum absolute atomic E-state index is 0. The summed E-state index contributed by atoms with van der Waals surface area (Å²) in [6.45, 7) is 1.64. The molecule has 1 aliphatic rings. The Morgan fingerprint density at radius 3 is 2.54 bits per heavy atom. The Morgan fingerprint density at radius 1 is 1.33 bits per heavy atom. The highest BCUT2D eigenvalue weighted by Crippen LogP contribution is 2.25. The van der Waals surface area contributed by atoms with Gasteiger partial charge in [-0.2, -0.15) is 0 Å². The third kappa shape index (κ3) is 6.05. The van der Waals surface area contributed by atoms with Crippen LogP contribution in [0.25, 0.3) is 0 Å². The van der Waals surface area contributed by atoms with Crippen molar-refractivity contribution in [3.8, 4) is 0 Å². The lowest BCUT2D eigenvalue weighted by Crippen LogP contribution is -2.35. The van der Waals surface area contributed by atoms with Gasteiger partial charge in [0.1, 0.15) is 0 Å². The molecule has 1 amide bonds. The molecule has 0 aliphatic carbocycles. The normalized spacial score (nSPS) is 18.5. The van der Waals surface area contributed by atoms with E-state index in [-0.39, 0.29) is 18.4 Å². The SMILES string of the molecule is CCOC(=O)CCc1ccc(NC(=O)C2CC(F)(F)CN2)cc1.Cl. The number of halogens is 3. The number of hydrogen-bond donors (Lipinski definition) is 2. The van der Waals surface area contributed by atoms with Crippen molar-refractivity contribution in [2.24, 2.45) is 0 Å². The van der Waals surface area contributed by atoms with Crippen LogP contribution in [0.15, 0.2) is 24.3 Å². The number of benzene rings is 1. The molecule has 0 aromatic heterocycles. The highest BCUT2D eigenvalue weighted by atomic mass is 35.5. The molecule has 1 aromatic carbocycles. The Hall–Kier alpha value is -1.73. The quantitative estimate of drug-likeness (QED) is 0.763. The van der Waals surface area contributed by atoms with E-state index in [0.717, 1.165) is 5.56 Å². The minimum atomic E-state index is -2.83. The van der Waals surface area contributed by atoms with E-state index < -0.39 is 30.8 Å². The van der Waals surface area contributed by atoms with Crippen molar-refractivity contribution in [1.82, 2.24) is 5.32 Å². The smallest absolute Gasteiger partial charge is 0.306 e. The maximum Gasteiger partial charge on any atom is 0.306 e. The zero-order valence-corrected chi connectivity index (χ0v) is 14.1. The second-order valence-corrected chi connectivity index (χ2v) is 5.48. The molecule has 2 N–H and O–H groups in total. The van der Waals surface area contributed by atoms with Gasteiger partial charge in [0.15, 0.2) is 0 Å². The summed E-state index contributed by atoms with van der Waals surface area (Å²) in [5.74, 6) is -3.56. The highest BCUT2D eigenvalue weighted by molar-refractivity contribution is 5.95. The molecule has 0 spiro atoms. The summed E-state index contributed by atoms with van der Waals surface area (Å²) in [5, 5.41) is 5.12. The molecular formula is C16H21ClF2N2O3. The van der Waals surface area contributed by atoms with Gasteiger partial charge in [0.05, 0.1) is 19.2 Å². The lowest BCUT2D eigenvalue weighted by Gasteiger charge is -2.11. The molecule has 0 radical (unpaired) electrons. The first-order chi connectivity index (χ1) is 10.9. The summed E-state index contributed by atoms with van der Waals surface area (Å²) in [7, 11) is 0. The number of alkyl halides is 2. The molecule has 24 heavy (non-hydrogen) atoms. The highest BCUT2D eigenvalue weighted by Gasteiger charge is 2.42. The molecule has 1 aliphatic heterocycles. The number of amides is 1. The van der Waals surface area contributed by atoms with Crippen LogP contribution in [0.1, 0.15) is 25.3 Å². The molecule has 134 valence electrons. The van der Waals surface area contributed by atoms with Crippen molar-refractivity contribution in [2.75, 3.05) is 18.5 Å². The van der Waals surface area contributed by atoms with Crippen LogP contribution in [0.4, 0.5) is 14.5 Å². The van der Waals surface area contributed by atoms with Gasteiger partial charge in [-0.25, -0.2) is 8.78 Å². The molecule has 0 bridgehead atoms. The first kappa shape index (κ1) is 20.3. The summed E-state index contributed by atoms with van der Waals surface area (Å²) in [4.78, 5) is 23.2. The zero-order valence-electron chi connectivity index (χ0n) is 13.3. The summed E-state index contributed by atoms with van der Waals surface area (Å²) in [5.41, 5.74) is 1.47. The van der Waals surface area contributed by atoms with Gasteiger partial charge in [0.2, 0.25) is 5.91 Å². The zero-order chi connectivity index (χ0) is 16.9. The van der Waals surface area contributed by atoms with Crippen molar-refractivity contribution in [2.45, 2.75) is 38.2 Å². The number of esters is 1. The lowest BCUT2D eigenvalue weighted by molar-refractivity contribution is -0.143. The van der Waals surface area contributed by atoms with Gasteiger partial charge in [-0.3, -0.25) is 14.9 Å². The van der Waals surface area contributed by atoms with Crippen molar-refractivity contribution in [1.29, 1.82) is 0 Å². The van der Waals surface area contributed by atoms with E-state index in [9.17, 15) is 18.4 Å². The Bertz CT molecular complexity index is 567. The van der Waals surface area contributed by atoms with Gasteiger partial charge in [-0.05, 0) is 31.0 Å². The van der Waals surface area contributed by atoms with Crippen molar-refractivity contribution in [3.05, 3.63) is 29.8 Å². The number of hydrogen-bond acceptors (Lipinski definition) is 4. The molecular weight excluding hydrogens is 342 g/mol. The number of ether oxygens (including phenoxy) is 1. The largest absolute Gasteiger partial charge is 0.466 e. The number of carbonyl (C=O) groups excluding carboxylic acids is 2. The average Bonchev–Trinajstić information content (AvgIpc) is 2.87. The van der Waals surface area contributed by atoms with Gasteiger partial charge < -0.3 is 10.1 Å². The van der Waals surface area contributed by atoms with Gasteiger partial charge in [-0.15, -0.1) is 12.4 Å². The monoisotopic (exact) mass is 362 g/mol. The Kier molecular flexibility index (Phi) is 7.57. The fraction of sp³-hybridized carbons (Fsp3) is 0.500. The van der Waals surface area contributed by atoms with Crippen LogP contribution >= 0.6 is 12.4 Å². The second-order valence-electron chi connectivity index (χ2n) is 5.48. The number of anilines is 1. The predicted octanol–water partition coefficient (Wildman–Crippen LogP) is 2.54. The maximum absolute atomic E-state index is 13.1. The van der Waals surface area contributed by atoms with Crippen molar-refractivity contribution < 1.29 is 23.1 Å². The van der Waals surface area contributed by atoms with Crippen LogP contribution in [-0.2, 0) is 20.7 Å². The van der Waals surface area contributed by atoms with Crippen LogP contribution in [0.2, 0.25) is 0 Å². The first-order valence-electron chi connectivity index (χ1n) is 7.56. The lowest BCUT2D eigenvalue weighted by atomic mass is 10.1. The van der Waals surface area contributed by atoms with Gasteiger partial charge >= 0.3 is 5.97 Å². The van der Waals surface area contributed by atoms with Gasteiger partial charge in [0, 0.05) is 18.5 Å². The predicted molar refractivity (Wildman–Crippen MR) is 88.6 cm³/mol.